The van der Waals surface area contributed by atoms with Crippen LogP contribution >= 0.6 is 27.5 Å². The average molecular weight is 316 g/mol. The lowest BCUT2D eigenvalue weighted by molar-refractivity contribution is 0.507. The van der Waals surface area contributed by atoms with E-state index in [9.17, 15) is 0 Å². The molecule has 1 aromatic heterocycles. The van der Waals surface area contributed by atoms with E-state index in [4.69, 9.17) is 21.9 Å². The first kappa shape index (κ1) is 12.6. The van der Waals surface area contributed by atoms with E-state index in [2.05, 4.69) is 21.4 Å². The summed E-state index contributed by atoms with van der Waals surface area (Å²) in [5.41, 5.74) is 4.95. The first-order chi connectivity index (χ1) is 8.20. The molecule has 0 aliphatic heterocycles. The first-order valence-corrected chi connectivity index (χ1v) is 6.31. The molecule has 3 nitrogen and oxygen atoms in total. The highest BCUT2D eigenvalue weighted by Crippen LogP contribution is 2.26. The second kappa shape index (κ2) is 5.69. The largest absolute Gasteiger partial charge is 0.457 e. The Kier molecular flexibility index (Phi) is 4.23. The maximum absolute atomic E-state index is 5.84. The van der Waals surface area contributed by atoms with Crippen LogP contribution in [-0.2, 0) is 6.42 Å². The summed E-state index contributed by atoms with van der Waals surface area (Å²) in [5, 5.41) is 0.732. The van der Waals surface area contributed by atoms with Crippen LogP contribution in [0.4, 0.5) is 0 Å². The van der Waals surface area contributed by atoms with Gasteiger partial charge in [-0.05, 0) is 46.1 Å². The average Bonchev–Trinajstić information content (AvgIpc) is 2.75. The number of benzene rings is 1. The van der Waals surface area contributed by atoms with Crippen LogP contribution in [0.2, 0.25) is 5.02 Å². The smallest absolute Gasteiger partial charge is 0.173 e. The summed E-state index contributed by atoms with van der Waals surface area (Å²) in [4.78, 5) is 0. The molecular formula is C12H12BrClN2O. The van der Waals surface area contributed by atoms with Crippen molar-refractivity contribution >= 4 is 27.5 Å². The third-order valence-corrected chi connectivity index (χ3v) is 3.47. The molecule has 0 saturated heterocycles. The molecule has 1 unspecified atom stereocenters. The molecule has 2 rings (SSSR count). The molecule has 2 aromatic rings. The highest BCUT2D eigenvalue weighted by molar-refractivity contribution is 9.10. The molecule has 0 aliphatic rings. The van der Waals surface area contributed by atoms with E-state index in [0.717, 1.165) is 22.6 Å². The van der Waals surface area contributed by atoms with Crippen molar-refractivity contribution < 1.29 is 4.42 Å². The lowest BCUT2D eigenvalue weighted by Gasteiger charge is -2.14. The summed E-state index contributed by atoms with van der Waals surface area (Å²) in [7, 11) is 0. The van der Waals surface area contributed by atoms with E-state index in [1.807, 2.05) is 30.3 Å². The van der Waals surface area contributed by atoms with Crippen molar-refractivity contribution in [2.24, 2.45) is 5.84 Å². The molecule has 1 atom stereocenters. The van der Waals surface area contributed by atoms with Crippen LogP contribution in [0.1, 0.15) is 17.2 Å². The molecule has 17 heavy (non-hydrogen) atoms. The summed E-state index contributed by atoms with van der Waals surface area (Å²) < 4.78 is 5.91. The van der Waals surface area contributed by atoms with Gasteiger partial charge in [-0.3, -0.25) is 11.3 Å². The highest BCUT2D eigenvalue weighted by atomic mass is 79.9. The SMILES string of the molecule is NNC(Cc1ccc(Cl)cc1)c1ccoc1Br. The Morgan fingerprint density at radius 3 is 2.53 bits per heavy atom. The Morgan fingerprint density at radius 2 is 2.00 bits per heavy atom. The van der Waals surface area contributed by atoms with Crippen LogP contribution in [0.3, 0.4) is 0 Å². The van der Waals surface area contributed by atoms with E-state index in [1.165, 1.54) is 0 Å². The van der Waals surface area contributed by atoms with E-state index in [0.29, 0.717) is 4.67 Å². The zero-order valence-corrected chi connectivity index (χ0v) is 11.3. The summed E-state index contributed by atoms with van der Waals surface area (Å²) in [6, 6.07) is 9.61. The molecule has 1 heterocycles. The Hall–Kier alpha value is -0.810. The molecule has 0 spiro atoms. The zero-order chi connectivity index (χ0) is 12.3. The number of hydrazine groups is 1. The highest BCUT2D eigenvalue weighted by Gasteiger charge is 2.15. The van der Waals surface area contributed by atoms with Gasteiger partial charge in [0.15, 0.2) is 4.67 Å². The van der Waals surface area contributed by atoms with Gasteiger partial charge in [-0.2, -0.15) is 0 Å². The van der Waals surface area contributed by atoms with Gasteiger partial charge in [0.1, 0.15) is 0 Å². The lowest BCUT2D eigenvalue weighted by atomic mass is 10.0. The topological polar surface area (TPSA) is 51.2 Å². The van der Waals surface area contributed by atoms with Crippen molar-refractivity contribution in [2.75, 3.05) is 0 Å². The second-order valence-electron chi connectivity index (χ2n) is 3.70. The maximum Gasteiger partial charge on any atom is 0.173 e. The lowest BCUT2D eigenvalue weighted by Crippen LogP contribution is -2.29. The zero-order valence-electron chi connectivity index (χ0n) is 8.99. The van der Waals surface area contributed by atoms with Crippen molar-refractivity contribution in [1.82, 2.24) is 5.43 Å². The molecule has 1 aromatic carbocycles. The minimum absolute atomic E-state index is 0.00398. The van der Waals surface area contributed by atoms with E-state index < -0.39 is 0 Å². The standard InChI is InChI=1S/C12H12BrClN2O/c13-12-10(5-6-17-12)11(16-15)7-8-1-3-9(14)4-2-8/h1-6,11,16H,7,15H2. The van der Waals surface area contributed by atoms with Crippen LogP contribution in [0.25, 0.3) is 0 Å². The molecule has 0 aliphatic carbocycles. The van der Waals surface area contributed by atoms with E-state index in [-0.39, 0.29) is 6.04 Å². The van der Waals surface area contributed by atoms with Gasteiger partial charge >= 0.3 is 0 Å². The maximum atomic E-state index is 5.84. The van der Waals surface area contributed by atoms with E-state index in [1.54, 1.807) is 6.26 Å². The minimum atomic E-state index is 0.00398. The van der Waals surface area contributed by atoms with Crippen molar-refractivity contribution in [3.8, 4) is 0 Å². The fraction of sp³-hybridized carbons (Fsp3) is 0.167. The molecule has 0 bridgehead atoms. The van der Waals surface area contributed by atoms with Gasteiger partial charge in [-0.15, -0.1) is 0 Å². The number of rotatable bonds is 4. The number of halogens is 2. The van der Waals surface area contributed by atoms with Gasteiger partial charge in [0.25, 0.3) is 0 Å². The van der Waals surface area contributed by atoms with Crippen LogP contribution in [0.5, 0.6) is 0 Å². The molecule has 0 amide bonds. The summed E-state index contributed by atoms with van der Waals surface area (Å²) in [6.07, 6.45) is 2.40. The van der Waals surface area contributed by atoms with Crippen LogP contribution in [-0.4, -0.2) is 0 Å². The first-order valence-electron chi connectivity index (χ1n) is 5.14. The summed E-state index contributed by atoms with van der Waals surface area (Å²) in [5.74, 6) is 5.57. The third-order valence-electron chi connectivity index (χ3n) is 2.58. The second-order valence-corrected chi connectivity index (χ2v) is 4.86. The Morgan fingerprint density at radius 1 is 1.29 bits per heavy atom. The monoisotopic (exact) mass is 314 g/mol. The fourth-order valence-corrected chi connectivity index (χ4v) is 2.31. The van der Waals surface area contributed by atoms with Crippen molar-refractivity contribution in [3.05, 3.63) is 57.4 Å². The quantitative estimate of drug-likeness (QED) is 0.671. The van der Waals surface area contributed by atoms with Crippen LogP contribution in [0, 0.1) is 0 Å². The Bertz CT molecular complexity index is 484. The molecule has 5 heteroatoms. The number of nitrogens with two attached hydrogens (primary N) is 1. The normalized spacial score (nSPS) is 12.6. The van der Waals surface area contributed by atoms with Gasteiger partial charge in [0.2, 0.25) is 0 Å². The number of furan rings is 1. The van der Waals surface area contributed by atoms with Crippen molar-refractivity contribution in [3.63, 3.8) is 0 Å². The fourth-order valence-electron chi connectivity index (χ4n) is 1.67. The van der Waals surface area contributed by atoms with Gasteiger partial charge in [-0.25, -0.2) is 0 Å². The Labute approximate surface area is 113 Å². The van der Waals surface area contributed by atoms with Gasteiger partial charge in [-0.1, -0.05) is 23.7 Å². The van der Waals surface area contributed by atoms with Crippen molar-refractivity contribution in [1.29, 1.82) is 0 Å². The number of nitrogens with one attached hydrogen (secondary N) is 1. The molecule has 0 radical (unpaired) electrons. The number of hydrogen-bond acceptors (Lipinski definition) is 3. The minimum Gasteiger partial charge on any atom is -0.457 e. The number of hydrogen-bond donors (Lipinski definition) is 2. The van der Waals surface area contributed by atoms with Crippen LogP contribution < -0.4 is 11.3 Å². The van der Waals surface area contributed by atoms with Crippen LogP contribution in [0.15, 0.2) is 45.7 Å². The Balaban J connectivity index is 2.16. The summed E-state index contributed by atoms with van der Waals surface area (Å²) in [6.45, 7) is 0. The predicted molar refractivity (Wildman–Crippen MR) is 71.6 cm³/mol. The molecule has 0 fully saturated rings. The third kappa shape index (κ3) is 3.10. The van der Waals surface area contributed by atoms with Gasteiger partial charge < -0.3 is 4.42 Å². The predicted octanol–water partition coefficient (Wildman–Crippen LogP) is 3.44. The summed E-state index contributed by atoms with van der Waals surface area (Å²) >= 11 is 9.19. The van der Waals surface area contributed by atoms with Gasteiger partial charge in [0.05, 0.1) is 12.3 Å². The van der Waals surface area contributed by atoms with E-state index >= 15 is 0 Å². The molecule has 3 N–H and O–H groups in total. The van der Waals surface area contributed by atoms with Gasteiger partial charge in [0, 0.05) is 10.6 Å². The van der Waals surface area contributed by atoms with Crippen molar-refractivity contribution in [2.45, 2.75) is 12.5 Å². The molecule has 90 valence electrons. The molecular weight excluding hydrogens is 304 g/mol. The molecule has 0 saturated carbocycles.